The van der Waals surface area contributed by atoms with Crippen LogP contribution < -0.4 is 10.6 Å². The number of allylic oxidation sites excluding steroid dienone is 2. The highest BCUT2D eigenvalue weighted by atomic mass is 32.1. The van der Waals surface area contributed by atoms with Crippen LogP contribution in [0.1, 0.15) is 63.3 Å². The van der Waals surface area contributed by atoms with Crippen molar-refractivity contribution in [3.8, 4) is 10.6 Å². The van der Waals surface area contributed by atoms with Gasteiger partial charge in [0.15, 0.2) is 5.72 Å². The van der Waals surface area contributed by atoms with Gasteiger partial charge in [0.1, 0.15) is 22.1 Å². The first-order valence-electron chi connectivity index (χ1n) is 15.5. The largest absolute Gasteiger partial charge is 0.444 e. The maximum Gasteiger partial charge on any atom is 0.407 e. The monoisotopic (exact) mass is 636 g/mol. The Morgan fingerprint density at radius 1 is 1.27 bits per heavy atom. The van der Waals surface area contributed by atoms with Gasteiger partial charge in [0, 0.05) is 42.7 Å². The summed E-state index contributed by atoms with van der Waals surface area (Å²) in [4.78, 5) is 19.5. The van der Waals surface area contributed by atoms with Gasteiger partial charge in [-0.05, 0) is 51.2 Å². The van der Waals surface area contributed by atoms with E-state index in [0.717, 1.165) is 40.2 Å². The van der Waals surface area contributed by atoms with Crippen molar-refractivity contribution >= 4 is 17.4 Å². The number of carbonyl (C=O) groups is 1. The number of rotatable bonds is 9. The summed E-state index contributed by atoms with van der Waals surface area (Å²) in [5.74, 6) is -0.177. The van der Waals surface area contributed by atoms with E-state index in [0.29, 0.717) is 38.4 Å². The molecule has 0 radical (unpaired) electrons. The normalized spacial score (nSPS) is 23.6. The van der Waals surface area contributed by atoms with Crippen LogP contribution in [0.2, 0.25) is 0 Å². The summed E-state index contributed by atoms with van der Waals surface area (Å²) in [5, 5.41) is 23.6. The lowest BCUT2D eigenvalue weighted by atomic mass is 10.0. The van der Waals surface area contributed by atoms with Crippen LogP contribution in [0.4, 0.5) is 9.18 Å². The second-order valence-electron chi connectivity index (χ2n) is 12.8. The maximum atomic E-state index is 15.7. The molecule has 1 aromatic carbocycles. The van der Waals surface area contributed by atoms with Gasteiger partial charge in [0.25, 0.3) is 0 Å². The standard InChI is InChI=1S/C33H41FN6O4S/c1-32(2,3)44-31(42)36-25-11-8-14-39(18-25)29-26(34)12-6-7-13-27(29)38-33(21-43-33)28-20-45-30(37-28)24-15-35-40(17-24)16-22-9-4-5-10-23(22)19-41/h4-7,9-10,15,17,20,25,27,38,41H,8,11-14,16,18-19,21H2,1-3H3,(H,36,42). The van der Waals surface area contributed by atoms with Crippen LogP contribution in [0.25, 0.3) is 10.6 Å². The molecule has 1 amide bonds. The molecule has 10 nitrogen and oxygen atoms in total. The average Bonchev–Trinajstić information content (AvgIpc) is 3.40. The molecule has 3 aromatic rings. The van der Waals surface area contributed by atoms with Crippen LogP contribution in [0, 0.1) is 0 Å². The summed E-state index contributed by atoms with van der Waals surface area (Å²) in [6.07, 6.45) is 9.65. The summed E-state index contributed by atoms with van der Waals surface area (Å²) in [5.41, 5.74) is 2.77. The molecule has 4 heterocycles. The van der Waals surface area contributed by atoms with E-state index in [9.17, 15) is 9.90 Å². The summed E-state index contributed by atoms with van der Waals surface area (Å²) < 4.78 is 29.0. The first-order valence-corrected chi connectivity index (χ1v) is 16.4. The van der Waals surface area contributed by atoms with Gasteiger partial charge in [-0.3, -0.25) is 10.00 Å². The van der Waals surface area contributed by atoms with Gasteiger partial charge >= 0.3 is 6.09 Å². The number of aromatic nitrogens is 3. The number of piperidine rings is 1. The van der Waals surface area contributed by atoms with Gasteiger partial charge in [-0.15, -0.1) is 11.3 Å². The number of aliphatic hydroxyl groups is 1. The Morgan fingerprint density at radius 3 is 2.82 bits per heavy atom. The molecule has 1 aliphatic carbocycles. The molecule has 6 rings (SSSR count). The van der Waals surface area contributed by atoms with Crippen molar-refractivity contribution < 1.29 is 23.8 Å². The number of halogens is 1. The minimum Gasteiger partial charge on any atom is -0.444 e. The van der Waals surface area contributed by atoms with E-state index in [-0.39, 0.29) is 30.9 Å². The molecule has 240 valence electrons. The van der Waals surface area contributed by atoms with Crippen LogP contribution in [0.15, 0.2) is 65.7 Å². The second-order valence-corrected chi connectivity index (χ2v) is 13.7. The number of thiazole rings is 1. The highest BCUT2D eigenvalue weighted by Gasteiger charge is 2.51. The SMILES string of the molecule is CC(C)(C)OC(=O)NC1CCCN(C2=C(F)CC=CCC2NC2(c3csc(-c4cnn(Cc5ccccc5CO)c4)n3)CO2)C1. The average molecular weight is 637 g/mol. The van der Waals surface area contributed by atoms with Gasteiger partial charge in [-0.1, -0.05) is 36.4 Å². The molecule has 2 aliphatic heterocycles. The first-order chi connectivity index (χ1) is 21.6. The van der Waals surface area contributed by atoms with Gasteiger partial charge in [-0.25, -0.2) is 14.2 Å². The zero-order valence-corrected chi connectivity index (χ0v) is 26.8. The number of nitrogens with one attached hydrogen (secondary N) is 2. The van der Waals surface area contributed by atoms with E-state index in [1.54, 1.807) is 6.20 Å². The third-order valence-corrected chi connectivity index (χ3v) is 9.08. The van der Waals surface area contributed by atoms with E-state index < -0.39 is 17.4 Å². The number of hydrogen-bond acceptors (Lipinski definition) is 9. The van der Waals surface area contributed by atoms with Crippen molar-refractivity contribution in [3.05, 3.63) is 82.5 Å². The molecule has 2 fully saturated rings. The Balaban J connectivity index is 1.15. The number of ether oxygens (including phenoxy) is 2. The fourth-order valence-corrected chi connectivity index (χ4v) is 6.84. The molecular weight excluding hydrogens is 595 g/mol. The number of amides is 1. The molecule has 0 spiro atoms. The topological polar surface area (TPSA) is 117 Å². The van der Waals surface area contributed by atoms with E-state index in [2.05, 4.69) is 20.6 Å². The third-order valence-electron chi connectivity index (χ3n) is 8.19. The molecule has 3 atom stereocenters. The van der Waals surface area contributed by atoms with Crippen molar-refractivity contribution in [2.45, 2.75) is 83.0 Å². The van der Waals surface area contributed by atoms with Crippen LogP contribution in [0.3, 0.4) is 0 Å². The van der Waals surface area contributed by atoms with Gasteiger partial charge in [0.05, 0.1) is 37.7 Å². The van der Waals surface area contributed by atoms with Crippen LogP contribution in [-0.2, 0) is 28.4 Å². The molecule has 0 saturated carbocycles. The number of carbonyl (C=O) groups excluding carboxylic acids is 1. The molecule has 45 heavy (non-hydrogen) atoms. The predicted molar refractivity (Wildman–Crippen MR) is 170 cm³/mol. The summed E-state index contributed by atoms with van der Waals surface area (Å²) >= 11 is 1.52. The third kappa shape index (κ3) is 7.46. The second kappa shape index (κ2) is 13.0. The molecule has 0 bridgehead atoms. The van der Waals surface area contributed by atoms with E-state index in [1.807, 2.05) is 73.4 Å². The lowest BCUT2D eigenvalue weighted by molar-refractivity contribution is 0.0477. The van der Waals surface area contributed by atoms with E-state index in [1.165, 1.54) is 11.3 Å². The minimum absolute atomic E-state index is 0.0197. The van der Waals surface area contributed by atoms with Crippen molar-refractivity contribution in [1.29, 1.82) is 0 Å². The van der Waals surface area contributed by atoms with Crippen LogP contribution in [-0.4, -0.2) is 68.2 Å². The van der Waals surface area contributed by atoms with Gasteiger partial charge < -0.3 is 24.8 Å². The quantitative estimate of drug-likeness (QED) is 0.217. The highest BCUT2D eigenvalue weighted by Crippen LogP contribution is 2.40. The zero-order chi connectivity index (χ0) is 31.6. The zero-order valence-electron chi connectivity index (χ0n) is 26.0. The highest BCUT2D eigenvalue weighted by molar-refractivity contribution is 7.13. The predicted octanol–water partition coefficient (Wildman–Crippen LogP) is 5.21. The van der Waals surface area contributed by atoms with Crippen LogP contribution >= 0.6 is 11.3 Å². The molecule has 3 aliphatic rings. The summed E-state index contributed by atoms with van der Waals surface area (Å²) in [7, 11) is 0. The van der Waals surface area contributed by atoms with Gasteiger partial charge in [0.2, 0.25) is 0 Å². The van der Waals surface area contributed by atoms with Crippen molar-refractivity contribution in [2.24, 2.45) is 0 Å². The molecule has 2 aromatic heterocycles. The number of benzene rings is 1. The Kier molecular flexibility index (Phi) is 9.10. The number of nitrogens with zero attached hydrogens (tertiary/aromatic N) is 4. The first kappa shape index (κ1) is 31.4. The molecule has 3 N–H and O–H groups in total. The smallest absolute Gasteiger partial charge is 0.407 e. The number of aliphatic hydroxyl groups excluding tert-OH is 1. The number of alkyl carbamates (subject to hydrolysis) is 1. The van der Waals surface area contributed by atoms with E-state index in [4.69, 9.17) is 14.5 Å². The number of likely N-dealkylation sites (tertiary alicyclic amines) is 1. The Labute approximate surface area is 266 Å². The van der Waals surface area contributed by atoms with Crippen molar-refractivity contribution in [3.63, 3.8) is 0 Å². The number of epoxide rings is 1. The fourth-order valence-electron chi connectivity index (χ4n) is 5.98. The lowest BCUT2D eigenvalue weighted by Gasteiger charge is -2.39. The van der Waals surface area contributed by atoms with Gasteiger partial charge in [-0.2, -0.15) is 5.10 Å². The Bertz CT molecular complexity index is 1570. The molecule has 12 heteroatoms. The molecule has 3 unspecified atom stereocenters. The summed E-state index contributed by atoms with van der Waals surface area (Å²) in [6.45, 7) is 7.68. The number of hydrogen-bond donors (Lipinski definition) is 3. The summed E-state index contributed by atoms with van der Waals surface area (Å²) in [6, 6.07) is 7.30. The lowest BCUT2D eigenvalue weighted by Crippen LogP contribution is -2.52. The van der Waals surface area contributed by atoms with Crippen molar-refractivity contribution in [1.82, 2.24) is 30.3 Å². The Hall–Kier alpha value is -3.58. The minimum atomic E-state index is -0.802. The maximum absolute atomic E-state index is 15.7. The molecule has 2 saturated heterocycles. The Morgan fingerprint density at radius 2 is 2.07 bits per heavy atom. The molecular formula is C33H41FN6O4S. The fraction of sp³-hybridized carbons (Fsp3) is 0.485. The van der Waals surface area contributed by atoms with E-state index >= 15 is 4.39 Å². The van der Waals surface area contributed by atoms with Crippen molar-refractivity contribution in [2.75, 3.05) is 19.7 Å². The van der Waals surface area contributed by atoms with Crippen LogP contribution in [0.5, 0.6) is 0 Å².